The minimum absolute atomic E-state index is 0.753. The Morgan fingerprint density at radius 1 is 0.880 bits per heavy atom. The van der Waals surface area contributed by atoms with Gasteiger partial charge in [0.25, 0.3) is 0 Å². The van der Waals surface area contributed by atoms with Gasteiger partial charge in [-0.3, -0.25) is 0 Å². The smallest absolute Gasteiger partial charge is 0.138 e. The monoisotopic (exact) mass is 324 g/mol. The van der Waals surface area contributed by atoms with Gasteiger partial charge in [0, 0.05) is 11.1 Å². The minimum atomic E-state index is 0.753. The molecule has 0 aliphatic heterocycles. The summed E-state index contributed by atoms with van der Waals surface area (Å²) in [4.78, 5) is 8.00. The summed E-state index contributed by atoms with van der Waals surface area (Å²) in [7, 11) is 1.66. The highest BCUT2D eigenvalue weighted by Gasteiger charge is 2.08. The third-order valence-corrected chi connectivity index (χ3v) is 3.98. The summed E-state index contributed by atoms with van der Waals surface area (Å²) in [5.41, 5.74) is 4.76. The predicted octanol–water partition coefficient (Wildman–Crippen LogP) is 4.64. The number of methoxy groups -OCH3 is 1. The lowest BCUT2D eigenvalue weighted by Crippen LogP contribution is -1.90. The van der Waals surface area contributed by atoms with Crippen molar-refractivity contribution in [3.05, 3.63) is 83.9 Å². The molecule has 0 saturated carbocycles. The van der Waals surface area contributed by atoms with Crippen LogP contribution >= 0.6 is 0 Å². The van der Waals surface area contributed by atoms with Crippen LogP contribution in [0.3, 0.4) is 0 Å². The molecule has 1 N–H and O–H groups in total. The highest BCUT2D eigenvalue weighted by Crippen LogP contribution is 2.26. The molecule has 25 heavy (non-hydrogen) atoms. The Kier molecular flexibility index (Phi) is 3.94. The predicted molar refractivity (Wildman–Crippen MR) is 101 cm³/mol. The zero-order valence-electron chi connectivity index (χ0n) is 13.8. The third-order valence-electron chi connectivity index (χ3n) is 3.98. The summed E-state index contributed by atoms with van der Waals surface area (Å²) in [5, 5.41) is 0. The molecule has 120 valence electrons. The number of benzene rings is 3. The van der Waals surface area contributed by atoms with Crippen LogP contribution < -0.4 is 4.74 Å². The molecule has 0 spiro atoms. The van der Waals surface area contributed by atoms with Crippen molar-refractivity contribution in [3.8, 4) is 29.0 Å². The van der Waals surface area contributed by atoms with E-state index in [0.717, 1.165) is 39.3 Å². The van der Waals surface area contributed by atoms with Gasteiger partial charge in [0.15, 0.2) is 0 Å². The Labute approximate surface area is 146 Å². The first-order valence-corrected chi connectivity index (χ1v) is 8.04. The normalized spacial score (nSPS) is 10.3. The number of nitrogens with one attached hydrogen (secondary N) is 1. The molecule has 3 nitrogen and oxygen atoms in total. The van der Waals surface area contributed by atoms with E-state index in [2.05, 4.69) is 21.8 Å². The van der Waals surface area contributed by atoms with Gasteiger partial charge in [-0.2, -0.15) is 0 Å². The van der Waals surface area contributed by atoms with Gasteiger partial charge >= 0.3 is 0 Å². The number of H-pyrrole nitrogens is 1. The molecule has 0 bridgehead atoms. The summed E-state index contributed by atoms with van der Waals surface area (Å²) in [6.07, 6.45) is 0. The molecule has 3 heteroatoms. The van der Waals surface area contributed by atoms with Crippen molar-refractivity contribution < 1.29 is 4.74 Å². The van der Waals surface area contributed by atoms with E-state index < -0.39 is 0 Å². The fourth-order valence-corrected chi connectivity index (χ4v) is 2.70. The second-order valence-electron chi connectivity index (χ2n) is 5.63. The Bertz CT molecular complexity index is 1050. The van der Waals surface area contributed by atoms with Crippen LogP contribution in [0.2, 0.25) is 0 Å². The first-order chi connectivity index (χ1) is 12.3. The van der Waals surface area contributed by atoms with E-state index in [9.17, 15) is 0 Å². The van der Waals surface area contributed by atoms with Crippen LogP contribution in [0.25, 0.3) is 22.4 Å². The van der Waals surface area contributed by atoms with Gasteiger partial charge in [0.1, 0.15) is 11.6 Å². The van der Waals surface area contributed by atoms with E-state index >= 15 is 0 Å². The average Bonchev–Trinajstić information content (AvgIpc) is 3.11. The number of hydrogen-bond donors (Lipinski definition) is 1. The van der Waals surface area contributed by atoms with Gasteiger partial charge in [-0.1, -0.05) is 42.2 Å². The molecular formula is C22H16N2O. The van der Waals surface area contributed by atoms with Gasteiger partial charge in [-0.05, 0) is 42.5 Å². The molecule has 4 rings (SSSR count). The van der Waals surface area contributed by atoms with Crippen molar-refractivity contribution in [2.45, 2.75) is 0 Å². The molecular weight excluding hydrogens is 308 g/mol. The summed E-state index contributed by atoms with van der Waals surface area (Å²) < 4.78 is 5.45. The minimum Gasteiger partial charge on any atom is -0.495 e. The third kappa shape index (κ3) is 3.11. The fourth-order valence-electron chi connectivity index (χ4n) is 2.70. The SMILES string of the molecule is COc1ccc(-c2nc3ccccc3[nH]2)cc1C#Cc1ccccc1. The zero-order chi connectivity index (χ0) is 17.1. The lowest BCUT2D eigenvalue weighted by Gasteiger charge is -2.05. The van der Waals surface area contributed by atoms with Gasteiger partial charge < -0.3 is 9.72 Å². The number of rotatable bonds is 2. The van der Waals surface area contributed by atoms with Crippen LogP contribution in [0, 0.1) is 11.8 Å². The highest BCUT2D eigenvalue weighted by molar-refractivity contribution is 5.79. The quantitative estimate of drug-likeness (QED) is 0.546. The maximum atomic E-state index is 5.45. The van der Waals surface area contributed by atoms with E-state index in [1.807, 2.05) is 72.8 Å². The Hall–Kier alpha value is -3.51. The summed E-state index contributed by atoms with van der Waals surface area (Å²) >= 11 is 0. The van der Waals surface area contributed by atoms with Gasteiger partial charge in [-0.15, -0.1) is 0 Å². The summed E-state index contributed by atoms with van der Waals surface area (Å²) in [5.74, 6) is 7.97. The molecule has 1 aromatic heterocycles. The molecule has 0 radical (unpaired) electrons. The number of nitrogens with zero attached hydrogens (tertiary/aromatic N) is 1. The van der Waals surface area contributed by atoms with Crippen molar-refractivity contribution in [2.24, 2.45) is 0 Å². The van der Waals surface area contributed by atoms with Gasteiger partial charge in [-0.25, -0.2) is 4.98 Å². The van der Waals surface area contributed by atoms with Crippen LogP contribution in [-0.2, 0) is 0 Å². The maximum Gasteiger partial charge on any atom is 0.138 e. The van der Waals surface area contributed by atoms with E-state index in [1.54, 1.807) is 7.11 Å². The molecule has 0 aliphatic rings. The van der Waals surface area contributed by atoms with E-state index in [0.29, 0.717) is 0 Å². The van der Waals surface area contributed by atoms with E-state index in [4.69, 9.17) is 4.74 Å². The standard InChI is InChI=1S/C22H16N2O/c1-25-21-14-13-18(22-23-19-9-5-6-10-20(19)24-22)15-17(21)12-11-16-7-3-2-4-8-16/h2-10,13-15H,1H3,(H,23,24). The molecule has 0 unspecified atom stereocenters. The molecule has 0 aliphatic carbocycles. The Morgan fingerprint density at radius 2 is 1.68 bits per heavy atom. The lowest BCUT2D eigenvalue weighted by molar-refractivity contribution is 0.413. The molecule has 4 aromatic rings. The van der Waals surface area contributed by atoms with Crippen LogP contribution in [0.1, 0.15) is 11.1 Å². The summed E-state index contributed by atoms with van der Waals surface area (Å²) in [6, 6.07) is 23.8. The Morgan fingerprint density at radius 3 is 2.48 bits per heavy atom. The van der Waals surface area contributed by atoms with Crippen LogP contribution in [0.5, 0.6) is 5.75 Å². The van der Waals surface area contributed by atoms with E-state index in [1.165, 1.54) is 0 Å². The Balaban J connectivity index is 1.77. The first-order valence-electron chi connectivity index (χ1n) is 8.04. The van der Waals surface area contributed by atoms with Gasteiger partial charge in [0.05, 0.1) is 23.7 Å². The molecule has 3 aromatic carbocycles. The second kappa shape index (κ2) is 6.54. The van der Waals surface area contributed by atoms with Crippen molar-refractivity contribution in [2.75, 3.05) is 7.11 Å². The fraction of sp³-hybridized carbons (Fsp3) is 0.0455. The zero-order valence-corrected chi connectivity index (χ0v) is 13.8. The van der Waals surface area contributed by atoms with Crippen molar-refractivity contribution in [1.82, 2.24) is 9.97 Å². The largest absolute Gasteiger partial charge is 0.495 e. The van der Waals surface area contributed by atoms with E-state index in [-0.39, 0.29) is 0 Å². The van der Waals surface area contributed by atoms with Gasteiger partial charge in [0.2, 0.25) is 0 Å². The summed E-state index contributed by atoms with van der Waals surface area (Å²) in [6.45, 7) is 0. The van der Waals surface area contributed by atoms with Crippen molar-refractivity contribution >= 4 is 11.0 Å². The van der Waals surface area contributed by atoms with Crippen LogP contribution in [0.15, 0.2) is 72.8 Å². The maximum absolute atomic E-state index is 5.45. The number of ether oxygens (including phenoxy) is 1. The average molecular weight is 324 g/mol. The van der Waals surface area contributed by atoms with Crippen molar-refractivity contribution in [3.63, 3.8) is 0 Å². The number of aromatic amines is 1. The number of para-hydroxylation sites is 2. The number of hydrogen-bond acceptors (Lipinski definition) is 2. The highest BCUT2D eigenvalue weighted by atomic mass is 16.5. The molecule has 0 saturated heterocycles. The topological polar surface area (TPSA) is 37.9 Å². The molecule has 0 amide bonds. The van der Waals surface area contributed by atoms with Crippen LogP contribution in [0.4, 0.5) is 0 Å². The number of fused-ring (bicyclic) bond motifs is 1. The van der Waals surface area contributed by atoms with Crippen molar-refractivity contribution in [1.29, 1.82) is 0 Å². The first kappa shape index (κ1) is 15.0. The van der Waals surface area contributed by atoms with Crippen LogP contribution in [-0.4, -0.2) is 17.1 Å². The molecule has 0 atom stereocenters. The number of aromatic nitrogens is 2. The molecule has 1 heterocycles. The molecule has 0 fully saturated rings. The lowest BCUT2D eigenvalue weighted by atomic mass is 10.1. The number of imidazole rings is 1. The second-order valence-corrected chi connectivity index (χ2v) is 5.63.